The molecule has 0 aliphatic heterocycles. The van der Waals surface area contributed by atoms with Crippen molar-refractivity contribution in [2.45, 2.75) is 19.9 Å². The number of rotatable bonds is 6. The van der Waals surface area contributed by atoms with Gasteiger partial charge in [0.1, 0.15) is 10.6 Å². The molecule has 7 nitrogen and oxygen atoms in total. The largest absolute Gasteiger partial charge is 0.497 e. The number of aryl methyl sites for hydroxylation is 1. The van der Waals surface area contributed by atoms with Crippen LogP contribution >= 0.6 is 11.3 Å². The second-order valence-electron chi connectivity index (χ2n) is 5.07. The topological polar surface area (TPSA) is 90.1 Å². The predicted octanol–water partition coefficient (Wildman–Crippen LogP) is 2.37. The summed E-state index contributed by atoms with van der Waals surface area (Å²) in [6.45, 7) is 2.07. The SMILES string of the molecule is COc1cccc(CC(=O)NCc2nnc(-c3scnc3C)o2)c1. The third-order valence-corrected chi connectivity index (χ3v) is 4.26. The Balaban J connectivity index is 1.57. The highest BCUT2D eigenvalue weighted by molar-refractivity contribution is 7.13. The zero-order valence-electron chi connectivity index (χ0n) is 13.3. The molecule has 2 aromatic heterocycles. The molecule has 3 rings (SSSR count). The number of thiazole rings is 1. The first kappa shape index (κ1) is 16.1. The molecule has 24 heavy (non-hydrogen) atoms. The second kappa shape index (κ2) is 7.22. The average Bonchev–Trinajstić information content (AvgIpc) is 3.21. The molecule has 0 unspecified atom stereocenters. The summed E-state index contributed by atoms with van der Waals surface area (Å²) in [5.41, 5.74) is 3.44. The van der Waals surface area contributed by atoms with Crippen molar-refractivity contribution in [1.82, 2.24) is 20.5 Å². The van der Waals surface area contributed by atoms with E-state index < -0.39 is 0 Å². The lowest BCUT2D eigenvalue weighted by Gasteiger charge is -2.05. The summed E-state index contributed by atoms with van der Waals surface area (Å²) in [6.07, 6.45) is 0.256. The number of carbonyl (C=O) groups is 1. The Bertz CT molecular complexity index is 843. The normalized spacial score (nSPS) is 10.6. The summed E-state index contributed by atoms with van der Waals surface area (Å²) in [4.78, 5) is 17.0. The van der Waals surface area contributed by atoms with Crippen LogP contribution in [0.2, 0.25) is 0 Å². The lowest BCUT2D eigenvalue weighted by atomic mass is 10.1. The molecule has 0 aliphatic carbocycles. The number of nitrogens with zero attached hydrogens (tertiary/aromatic N) is 3. The van der Waals surface area contributed by atoms with Gasteiger partial charge in [0.15, 0.2) is 0 Å². The molecule has 1 aromatic carbocycles. The van der Waals surface area contributed by atoms with Crippen molar-refractivity contribution in [2.75, 3.05) is 7.11 Å². The van der Waals surface area contributed by atoms with Gasteiger partial charge in [-0.2, -0.15) is 0 Å². The van der Waals surface area contributed by atoms with Gasteiger partial charge in [0, 0.05) is 0 Å². The van der Waals surface area contributed by atoms with E-state index >= 15 is 0 Å². The number of amides is 1. The number of benzene rings is 1. The maximum Gasteiger partial charge on any atom is 0.259 e. The Labute approximate surface area is 142 Å². The lowest BCUT2D eigenvalue weighted by Crippen LogP contribution is -2.24. The molecular formula is C16H16N4O3S. The van der Waals surface area contributed by atoms with Gasteiger partial charge < -0.3 is 14.5 Å². The third-order valence-electron chi connectivity index (χ3n) is 3.34. The van der Waals surface area contributed by atoms with Gasteiger partial charge in [0.2, 0.25) is 11.8 Å². The standard InChI is InChI=1S/C16H16N4O3S/c1-10-15(24-9-18-10)16-20-19-14(23-16)8-17-13(21)7-11-4-3-5-12(6-11)22-2/h3-6,9H,7-8H2,1-2H3,(H,17,21). The van der Waals surface area contributed by atoms with E-state index in [0.29, 0.717) is 11.8 Å². The fourth-order valence-electron chi connectivity index (χ4n) is 2.13. The van der Waals surface area contributed by atoms with Gasteiger partial charge in [-0.3, -0.25) is 4.79 Å². The molecule has 0 fully saturated rings. The fourth-order valence-corrected chi connectivity index (χ4v) is 2.85. The number of methoxy groups -OCH3 is 1. The predicted molar refractivity (Wildman–Crippen MR) is 88.7 cm³/mol. The quantitative estimate of drug-likeness (QED) is 0.738. The van der Waals surface area contributed by atoms with Crippen LogP contribution in [-0.2, 0) is 17.8 Å². The van der Waals surface area contributed by atoms with Crippen LogP contribution in [0.3, 0.4) is 0 Å². The molecule has 0 atom stereocenters. The number of ether oxygens (including phenoxy) is 1. The third kappa shape index (κ3) is 3.77. The van der Waals surface area contributed by atoms with Gasteiger partial charge in [0.05, 0.1) is 31.3 Å². The summed E-state index contributed by atoms with van der Waals surface area (Å²) >= 11 is 1.44. The van der Waals surface area contributed by atoms with E-state index in [1.807, 2.05) is 31.2 Å². The number of aromatic nitrogens is 3. The summed E-state index contributed by atoms with van der Waals surface area (Å²) in [5.74, 6) is 1.38. The van der Waals surface area contributed by atoms with E-state index in [1.165, 1.54) is 11.3 Å². The highest BCUT2D eigenvalue weighted by Crippen LogP contribution is 2.25. The van der Waals surface area contributed by atoms with E-state index in [2.05, 4.69) is 20.5 Å². The first-order valence-corrected chi connectivity index (χ1v) is 8.16. The number of nitrogens with one attached hydrogen (secondary N) is 1. The molecule has 124 valence electrons. The van der Waals surface area contributed by atoms with Crippen molar-refractivity contribution < 1.29 is 13.9 Å². The highest BCUT2D eigenvalue weighted by atomic mass is 32.1. The molecule has 1 amide bonds. The Morgan fingerprint density at radius 1 is 1.38 bits per heavy atom. The van der Waals surface area contributed by atoms with E-state index in [0.717, 1.165) is 21.9 Å². The Hall–Kier alpha value is -2.74. The van der Waals surface area contributed by atoms with Crippen molar-refractivity contribution in [1.29, 1.82) is 0 Å². The van der Waals surface area contributed by atoms with Crippen LogP contribution in [0.25, 0.3) is 10.8 Å². The first-order chi connectivity index (χ1) is 11.7. The van der Waals surface area contributed by atoms with Crippen molar-refractivity contribution in [3.05, 3.63) is 46.9 Å². The minimum absolute atomic E-state index is 0.128. The summed E-state index contributed by atoms with van der Waals surface area (Å²) in [5, 5.41) is 10.7. The van der Waals surface area contributed by atoms with E-state index in [4.69, 9.17) is 9.15 Å². The van der Waals surface area contributed by atoms with Gasteiger partial charge in [-0.25, -0.2) is 4.98 Å². The van der Waals surface area contributed by atoms with Crippen molar-refractivity contribution in [3.8, 4) is 16.5 Å². The monoisotopic (exact) mass is 344 g/mol. The Morgan fingerprint density at radius 2 is 2.25 bits per heavy atom. The van der Waals surface area contributed by atoms with Crippen LogP contribution in [0.4, 0.5) is 0 Å². The maximum atomic E-state index is 12.0. The van der Waals surface area contributed by atoms with Crippen molar-refractivity contribution >= 4 is 17.2 Å². The molecule has 8 heteroatoms. The molecule has 0 radical (unpaired) electrons. The molecule has 0 aliphatic rings. The maximum absolute atomic E-state index is 12.0. The summed E-state index contributed by atoms with van der Waals surface area (Å²) in [7, 11) is 1.59. The van der Waals surface area contributed by atoms with Gasteiger partial charge in [-0.15, -0.1) is 21.5 Å². The number of hydrogen-bond acceptors (Lipinski definition) is 7. The van der Waals surface area contributed by atoms with Crippen LogP contribution in [0.15, 0.2) is 34.2 Å². The highest BCUT2D eigenvalue weighted by Gasteiger charge is 2.13. The molecule has 2 heterocycles. The summed E-state index contributed by atoms with van der Waals surface area (Å²) < 4.78 is 10.7. The molecule has 0 saturated heterocycles. The molecule has 0 spiro atoms. The smallest absolute Gasteiger partial charge is 0.259 e. The fraction of sp³-hybridized carbons (Fsp3) is 0.250. The zero-order chi connectivity index (χ0) is 16.9. The number of carbonyl (C=O) groups excluding carboxylic acids is 1. The van der Waals surface area contributed by atoms with Gasteiger partial charge in [0.25, 0.3) is 5.89 Å². The van der Waals surface area contributed by atoms with Crippen molar-refractivity contribution in [3.63, 3.8) is 0 Å². The van der Waals surface area contributed by atoms with Crippen LogP contribution in [0, 0.1) is 6.92 Å². The van der Waals surface area contributed by atoms with Gasteiger partial charge >= 0.3 is 0 Å². The van der Waals surface area contributed by atoms with E-state index in [-0.39, 0.29) is 18.9 Å². The van der Waals surface area contributed by atoms with Crippen molar-refractivity contribution in [2.24, 2.45) is 0 Å². The average molecular weight is 344 g/mol. The van der Waals surface area contributed by atoms with Crippen LogP contribution < -0.4 is 10.1 Å². The minimum Gasteiger partial charge on any atom is -0.497 e. The number of hydrogen-bond donors (Lipinski definition) is 1. The molecule has 1 N–H and O–H groups in total. The van der Waals surface area contributed by atoms with Gasteiger partial charge in [-0.1, -0.05) is 12.1 Å². The van der Waals surface area contributed by atoms with Crippen LogP contribution in [0.1, 0.15) is 17.1 Å². The minimum atomic E-state index is -0.128. The molecular weight excluding hydrogens is 328 g/mol. The second-order valence-corrected chi connectivity index (χ2v) is 5.93. The Kier molecular flexibility index (Phi) is 4.85. The molecule has 0 bridgehead atoms. The molecule has 3 aromatic rings. The van der Waals surface area contributed by atoms with E-state index in [1.54, 1.807) is 12.6 Å². The van der Waals surface area contributed by atoms with Gasteiger partial charge in [-0.05, 0) is 24.6 Å². The van der Waals surface area contributed by atoms with Crippen LogP contribution in [-0.4, -0.2) is 28.2 Å². The molecule has 0 saturated carbocycles. The van der Waals surface area contributed by atoms with Crippen LogP contribution in [0.5, 0.6) is 5.75 Å². The first-order valence-electron chi connectivity index (χ1n) is 7.28. The lowest BCUT2D eigenvalue weighted by molar-refractivity contribution is -0.120. The summed E-state index contributed by atoms with van der Waals surface area (Å²) in [6, 6.07) is 7.39. The Morgan fingerprint density at radius 3 is 3.00 bits per heavy atom. The van der Waals surface area contributed by atoms with E-state index in [9.17, 15) is 4.79 Å². The zero-order valence-corrected chi connectivity index (χ0v) is 14.1.